The van der Waals surface area contributed by atoms with Gasteiger partial charge in [0.25, 0.3) is 5.56 Å². The van der Waals surface area contributed by atoms with Gasteiger partial charge < -0.3 is 43.2 Å². The summed E-state index contributed by atoms with van der Waals surface area (Å²) < 4.78 is 34.7. The van der Waals surface area contributed by atoms with Gasteiger partial charge in [-0.3, -0.25) is 4.79 Å². The number of carbonyl (C=O) groups excluding carboxylic acids is 2. The fraction of sp³-hybridized carbons (Fsp3) is 0.135. The molecule has 0 aliphatic heterocycles. The van der Waals surface area contributed by atoms with Crippen molar-refractivity contribution in [3.8, 4) is 28.7 Å². The number of aromatic amines is 1. The van der Waals surface area contributed by atoms with Gasteiger partial charge in [-0.1, -0.05) is 104 Å². The minimum absolute atomic E-state index is 0.146. The lowest BCUT2D eigenvalue weighted by Gasteiger charge is -2.05. The number of aliphatic carboxylic acids is 1. The Bertz CT molecular complexity index is 3100. The SMILES string of the molecule is C=CC(=O)OC.COC(=O)/C=C/c1ccc(Cl)c(OC)c1.COc1cc(/C=C/C(=O)O)ccc1Cl.COc1cc(Br)ccc1Cl.COc1cc2cc[nH]c(=O)c2cc1Cl.COc1cc2ccnc(Cl)c2cc1Cl. The summed E-state index contributed by atoms with van der Waals surface area (Å²) in [6.07, 6.45) is 9.85. The minimum atomic E-state index is -0.987. The van der Waals surface area contributed by atoms with Crippen molar-refractivity contribution < 1.29 is 52.6 Å². The quantitative estimate of drug-likeness (QED) is 0.0750. The number of carbonyl (C=O) groups is 3. The molecule has 7 aromatic rings. The zero-order chi connectivity index (χ0) is 54.6. The maximum atomic E-state index is 11.4. The van der Waals surface area contributed by atoms with Crippen molar-refractivity contribution in [2.75, 3.05) is 49.8 Å². The van der Waals surface area contributed by atoms with Crippen LogP contribution in [0.1, 0.15) is 11.1 Å². The predicted octanol–water partition coefficient (Wildman–Crippen LogP) is 14.2. The molecule has 0 radical (unpaired) electrons. The zero-order valence-electron chi connectivity index (χ0n) is 39.9. The van der Waals surface area contributed by atoms with Gasteiger partial charge in [0.2, 0.25) is 0 Å². The van der Waals surface area contributed by atoms with Crippen molar-refractivity contribution >= 4 is 137 Å². The molecular formula is C52H47BrCl6N2O12. The molecule has 0 amide bonds. The van der Waals surface area contributed by atoms with Crippen LogP contribution in [0.5, 0.6) is 28.7 Å². The first-order valence-corrected chi connectivity index (χ1v) is 23.5. The van der Waals surface area contributed by atoms with Crippen LogP contribution in [0.4, 0.5) is 0 Å². The van der Waals surface area contributed by atoms with Crippen molar-refractivity contribution in [2.45, 2.75) is 0 Å². The molecule has 0 unspecified atom stereocenters. The van der Waals surface area contributed by atoms with Gasteiger partial charge in [0.1, 0.15) is 33.9 Å². The molecular weight excluding hydrogens is 1140 g/mol. The lowest BCUT2D eigenvalue weighted by atomic mass is 10.2. The molecule has 21 heteroatoms. The molecule has 0 aliphatic rings. The molecule has 5 aromatic carbocycles. The summed E-state index contributed by atoms with van der Waals surface area (Å²) in [4.78, 5) is 48.9. The highest BCUT2D eigenvalue weighted by molar-refractivity contribution is 9.10. The number of pyridine rings is 2. The topological polar surface area (TPSA) is 182 Å². The van der Waals surface area contributed by atoms with Crippen LogP contribution in [-0.4, -0.2) is 82.8 Å². The highest BCUT2D eigenvalue weighted by Crippen LogP contribution is 2.33. The minimum Gasteiger partial charge on any atom is -0.495 e. The van der Waals surface area contributed by atoms with Crippen LogP contribution in [0.25, 0.3) is 33.7 Å². The molecule has 2 N–H and O–H groups in total. The maximum absolute atomic E-state index is 11.4. The third-order valence-corrected chi connectivity index (χ3v) is 11.2. The second-order valence-corrected chi connectivity index (χ2v) is 16.8. The number of benzene rings is 5. The van der Waals surface area contributed by atoms with Crippen molar-refractivity contribution in [3.05, 3.63) is 184 Å². The Hall–Kier alpha value is -6.43. The number of H-pyrrole nitrogens is 1. The number of halogens is 7. The van der Waals surface area contributed by atoms with E-state index >= 15 is 0 Å². The number of esters is 2. The highest BCUT2D eigenvalue weighted by atomic mass is 79.9. The number of nitrogens with one attached hydrogen (secondary N) is 1. The summed E-state index contributed by atoms with van der Waals surface area (Å²) in [5.74, 6) is 1.22. The monoisotopic (exact) mass is 1180 g/mol. The van der Waals surface area contributed by atoms with E-state index in [1.165, 1.54) is 40.6 Å². The molecule has 0 fully saturated rings. The number of methoxy groups -OCH3 is 7. The summed E-state index contributed by atoms with van der Waals surface area (Å²) in [6, 6.07) is 26.3. The molecule has 0 saturated heterocycles. The predicted molar refractivity (Wildman–Crippen MR) is 296 cm³/mol. The molecule has 0 bridgehead atoms. The third-order valence-electron chi connectivity index (χ3n) is 8.90. The summed E-state index contributed by atoms with van der Waals surface area (Å²) in [7, 11) is 10.4. The van der Waals surface area contributed by atoms with E-state index in [2.05, 4.69) is 42.0 Å². The van der Waals surface area contributed by atoms with E-state index in [4.69, 9.17) is 98.4 Å². The van der Waals surface area contributed by atoms with Crippen LogP contribution in [0, 0.1) is 0 Å². The number of aromatic nitrogens is 2. The summed E-state index contributed by atoms with van der Waals surface area (Å²) in [5.41, 5.74) is 1.40. The molecule has 0 spiro atoms. The van der Waals surface area contributed by atoms with Crippen LogP contribution in [-0.2, 0) is 23.9 Å². The van der Waals surface area contributed by atoms with Crippen LogP contribution < -0.4 is 29.2 Å². The van der Waals surface area contributed by atoms with Gasteiger partial charge in [-0.2, -0.15) is 0 Å². The Kier molecular flexibility index (Phi) is 28.6. The van der Waals surface area contributed by atoms with Gasteiger partial charge in [0, 0.05) is 45.9 Å². The van der Waals surface area contributed by atoms with Gasteiger partial charge in [0.05, 0.1) is 74.9 Å². The van der Waals surface area contributed by atoms with Gasteiger partial charge >= 0.3 is 17.9 Å². The lowest BCUT2D eigenvalue weighted by molar-refractivity contribution is -0.135. The average molecular weight is 1180 g/mol. The molecule has 7 rings (SSSR count). The molecule has 0 atom stereocenters. The standard InChI is InChI=1S/C11H11ClO3.C10H7Cl2NO.C10H8ClNO2.C10H9ClO3.C7H6BrClO.C4H6O2/c1-14-10-7-8(3-5-9(10)12)4-6-11(13)15-2;1-14-9-4-6-2-3-13-10(12)7(6)5-8(9)11;1-14-9-4-6-2-3-12-10(13)7(6)5-8(9)11;1-14-9-6-7(2-4-8(9)11)3-5-10(12)13;1-10-7-4-5(8)2-3-6(7)9;1-3-4(5)6-2/h3-7H,1-2H3;2-5H,1H3;2-5H,1H3,(H,12,13);2-6H,1H3,(H,12,13);2-4H,1H3;3H,1H2,2H3/b6-4+;;;5-3+;;. The first-order chi connectivity index (χ1) is 34.8. The van der Waals surface area contributed by atoms with Gasteiger partial charge in [-0.25, -0.2) is 19.4 Å². The van der Waals surface area contributed by atoms with Crippen molar-refractivity contribution in [1.82, 2.24) is 9.97 Å². The number of carboxylic acids is 1. The van der Waals surface area contributed by atoms with E-state index in [0.29, 0.717) is 64.4 Å². The summed E-state index contributed by atoms with van der Waals surface area (Å²) in [6.45, 7) is 3.16. The Morgan fingerprint density at radius 1 is 0.562 bits per heavy atom. The number of rotatable bonds is 10. The fourth-order valence-corrected chi connectivity index (χ4v) is 6.94. The van der Waals surface area contributed by atoms with E-state index in [1.54, 1.807) is 107 Å². The molecule has 73 heavy (non-hydrogen) atoms. The molecule has 386 valence electrons. The maximum Gasteiger partial charge on any atom is 0.330 e. The van der Waals surface area contributed by atoms with Crippen LogP contribution >= 0.6 is 85.5 Å². The van der Waals surface area contributed by atoms with E-state index < -0.39 is 17.9 Å². The number of nitrogens with zero attached hydrogens (tertiary/aromatic N) is 1. The Morgan fingerprint density at radius 2 is 1.00 bits per heavy atom. The van der Waals surface area contributed by atoms with Crippen molar-refractivity contribution in [1.29, 1.82) is 0 Å². The van der Waals surface area contributed by atoms with E-state index in [-0.39, 0.29) is 5.56 Å². The zero-order valence-corrected chi connectivity index (χ0v) is 46.1. The van der Waals surface area contributed by atoms with Gasteiger partial charge in [0.15, 0.2) is 0 Å². The Morgan fingerprint density at radius 3 is 1.44 bits per heavy atom. The average Bonchev–Trinajstić information content (AvgIpc) is 3.39. The van der Waals surface area contributed by atoms with E-state index in [1.807, 2.05) is 24.3 Å². The van der Waals surface area contributed by atoms with Crippen LogP contribution in [0.3, 0.4) is 0 Å². The number of fused-ring (bicyclic) bond motifs is 2. The van der Waals surface area contributed by atoms with Crippen LogP contribution in [0.15, 0.2) is 137 Å². The van der Waals surface area contributed by atoms with Crippen LogP contribution in [0.2, 0.25) is 30.3 Å². The molecule has 2 aromatic heterocycles. The first kappa shape index (κ1) is 62.7. The van der Waals surface area contributed by atoms with Crippen molar-refractivity contribution in [3.63, 3.8) is 0 Å². The fourth-order valence-electron chi connectivity index (χ4n) is 5.32. The smallest absolute Gasteiger partial charge is 0.330 e. The molecule has 0 aliphatic carbocycles. The summed E-state index contributed by atoms with van der Waals surface area (Å²) >= 11 is 38.5. The van der Waals surface area contributed by atoms with E-state index in [9.17, 15) is 19.2 Å². The van der Waals surface area contributed by atoms with Gasteiger partial charge in [-0.15, -0.1) is 0 Å². The van der Waals surface area contributed by atoms with Gasteiger partial charge in [-0.05, 0) is 113 Å². The number of hydrogen-bond donors (Lipinski definition) is 2. The summed E-state index contributed by atoms with van der Waals surface area (Å²) in [5, 5.41) is 14.7. The second-order valence-electron chi connectivity index (χ2n) is 13.5. The largest absolute Gasteiger partial charge is 0.495 e. The number of carboxylic acid groups (broad SMARTS) is 1. The van der Waals surface area contributed by atoms with E-state index in [0.717, 1.165) is 43.9 Å². The molecule has 2 heterocycles. The van der Waals surface area contributed by atoms with Crippen molar-refractivity contribution in [2.24, 2.45) is 0 Å². The highest BCUT2D eigenvalue weighted by Gasteiger charge is 2.07. The second kappa shape index (κ2) is 33.3. The first-order valence-electron chi connectivity index (χ1n) is 20.5. The normalized spacial score (nSPS) is 10.0. The molecule has 14 nitrogen and oxygen atoms in total. The number of ether oxygens (including phenoxy) is 7. The Labute approximate surface area is 459 Å². The lowest BCUT2D eigenvalue weighted by Crippen LogP contribution is -2.04. The number of hydrogen-bond acceptors (Lipinski definition) is 12. The Balaban J connectivity index is 0.000000305. The molecule has 0 saturated carbocycles. The third kappa shape index (κ3) is 21.7.